The molecule has 1 spiro atoms. The molecule has 2 nitrogen and oxygen atoms in total. The van der Waals surface area contributed by atoms with Crippen molar-refractivity contribution in [3.8, 4) is 0 Å². The van der Waals surface area contributed by atoms with E-state index in [1.807, 2.05) is 6.07 Å². The molecule has 0 unspecified atom stereocenters. The lowest BCUT2D eigenvalue weighted by Gasteiger charge is -2.33. The molecule has 2 aliphatic rings. The van der Waals surface area contributed by atoms with Gasteiger partial charge < -0.3 is 10.4 Å². The Balaban J connectivity index is 2.02. The Morgan fingerprint density at radius 1 is 1.19 bits per heavy atom. The maximum Gasteiger partial charge on any atom is 0.0681 e. The zero-order chi connectivity index (χ0) is 11.0. The van der Waals surface area contributed by atoms with Crippen molar-refractivity contribution in [2.75, 3.05) is 11.9 Å². The second-order valence-corrected chi connectivity index (χ2v) is 5.23. The molecule has 1 fully saturated rings. The minimum Gasteiger partial charge on any atom is -0.392 e. The molecular formula is C14H19NO. The molecule has 16 heavy (non-hydrogen) atoms. The summed E-state index contributed by atoms with van der Waals surface area (Å²) in [7, 11) is 0. The highest BCUT2D eigenvalue weighted by Crippen LogP contribution is 2.46. The lowest BCUT2D eigenvalue weighted by Crippen LogP contribution is -2.30. The molecule has 0 radical (unpaired) electrons. The highest BCUT2D eigenvalue weighted by atomic mass is 16.3. The number of hydrogen-bond acceptors (Lipinski definition) is 2. The fourth-order valence-electron chi connectivity index (χ4n) is 3.32. The van der Waals surface area contributed by atoms with Crippen molar-refractivity contribution >= 4 is 5.69 Å². The van der Waals surface area contributed by atoms with E-state index in [0.717, 1.165) is 12.1 Å². The van der Waals surface area contributed by atoms with E-state index in [1.165, 1.54) is 43.4 Å². The zero-order valence-electron chi connectivity index (χ0n) is 9.63. The standard InChI is InChI=1S/C14H19NO/c16-9-11-4-5-13-12(8-11)14(10-15-13)6-2-1-3-7-14/h4-5,8,15-16H,1-3,6-7,9-10H2. The molecule has 0 saturated heterocycles. The van der Waals surface area contributed by atoms with Crippen LogP contribution in [0.3, 0.4) is 0 Å². The molecule has 1 aliphatic carbocycles. The van der Waals surface area contributed by atoms with Crippen LogP contribution >= 0.6 is 0 Å². The van der Waals surface area contributed by atoms with Gasteiger partial charge in [0.05, 0.1) is 6.61 Å². The van der Waals surface area contributed by atoms with Crippen LogP contribution in [0.5, 0.6) is 0 Å². The van der Waals surface area contributed by atoms with Crippen LogP contribution in [0.1, 0.15) is 43.2 Å². The van der Waals surface area contributed by atoms with Crippen LogP contribution in [-0.2, 0) is 12.0 Å². The van der Waals surface area contributed by atoms with Crippen LogP contribution in [0.25, 0.3) is 0 Å². The summed E-state index contributed by atoms with van der Waals surface area (Å²) in [5.41, 5.74) is 4.17. The van der Waals surface area contributed by atoms with Gasteiger partial charge in [-0.15, -0.1) is 0 Å². The molecule has 1 aromatic rings. The van der Waals surface area contributed by atoms with E-state index in [1.54, 1.807) is 0 Å². The quantitative estimate of drug-likeness (QED) is 0.758. The Labute approximate surface area is 96.7 Å². The van der Waals surface area contributed by atoms with Crippen molar-refractivity contribution in [2.24, 2.45) is 0 Å². The lowest BCUT2D eigenvalue weighted by molar-refractivity contribution is 0.280. The Bertz CT molecular complexity index is 388. The summed E-state index contributed by atoms with van der Waals surface area (Å²) in [4.78, 5) is 0. The summed E-state index contributed by atoms with van der Waals surface area (Å²) in [6.07, 6.45) is 6.70. The molecule has 0 bridgehead atoms. The highest BCUT2D eigenvalue weighted by molar-refractivity contribution is 5.61. The van der Waals surface area contributed by atoms with Crippen LogP contribution in [0.2, 0.25) is 0 Å². The minimum absolute atomic E-state index is 0.156. The van der Waals surface area contributed by atoms with Crippen LogP contribution in [0.4, 0.5) is 5.69 Å². The molecule has 1 aromatic carbocycles. The number of hydrogen-bond donors (Lipinski definition) is 2. The summed E-state index contributed by atoms with van der Waals surface area (Å²) in [6.45, 7) is 1.25. The largest absolute Gasteiger partial charge is 0.392 e. The van der Waals surface area contributed by atoms with Crippen LogP contribution in [0.15, 0.2) is 18.2 Å². The Kier molecular flexibility index (Phi) is 2.40. The Hall–Kier alpha value is -1.02. The second kappa shape index (κ2) is 3.77. The molecule has 2 N–H and O–H groups in total. The van der Waals surface area contributed by atoms with E-state index >= 15 is 0 Å². The van der Waals surface area contributed by atoms with Crippen molar-refractivity contribution in [1.29, 1.82) is 0 Å². The smallest absolute Gasteiger partial charge is 0.0681 e. The van der Waals surface area contributed by atoms with Gasteiger partial charge in [-0.3, -0.25) is 0 Å². The molecule has 86 valence electrons. The number of rotatable bonds is 1. The summed E-state index contributed by atoms with van der Waals surface area (Å²) in [6, 6.07) is 6.36. The SMILES string of the molecule is OCc1ccc2c(c1)C1(CCCCC1)CN2. The average Bonchev–Trinajstić information content (AvgIpc) is 2.69. The van der Waals surface area contributed by atoms with Gasteiger partial charge in [-0.05, 0) is 30.0 Å². The zero-order valence-corrected chi connectivity index (χ0v) is 9.63. The molecule has 0 atom stereocenters. The summed E-state index contributed by atoms with van der Waals surface area (Å²) >= 11 is 0. The Morgan fingerprint density at radius 3 is 2.75 bits per heavy atom. The van der Waals surface area contributed by atoms with Crippen LogP contribution in [0, 0.1) is 0 Å². The number of aliphatic hydroxyl groups excluding tert-OH is 1. The van der Waals surface area contributed by atoms with Crippen molar-refractivity contribution in [2.45, 2.75) is 44.1 Å². The molecule has 0 amide bonds. The third kappa shape index (κ3) is 1.44. The van der Waals surface area contributed by atoms with E-state index in [-0.39, 0.29) is 6.61 Å². The molecule has 1 aliphatic heterocycles. The Morgan fingerprint density at radius 2 is 2.00 bits per heavy atom. The van der Waals surface area contributed by atoms with Crippen molar-refractivity contribution in [3.05, 3.63) is 29.3 Å². The normalized spacial score (nSPS) is 21.8. The van der Waals surface area contributed by atoms with Gasteiger partial charge in [0.25, 0.3) is 0 Å². The van der Waals surface area contributed by atoms with E-state index in [2.05, 4.69) is 17.4 Å². The van der Waals surface area contributed by atoms with Crippen LogP contribution in [-0.4, -0.2) is 11.7 Å². The lowest BCUT2D eigenvalue weighted by atomic mass is 9.70. The van der Waals surface area contributed by atoms with E-state index in [0.29, 0.717) is 5.41 Å². The first-order valence-corrected chi connectivity index (χ1v) is 6.32. The monoisotopic (exact) mass is 217 g/mol. The van der Waals surface area contributed by atoms with Gasteiger partial charge >= 0.3 is 0 Å². The van der Waals surface area contributed by atoms with Gasteiger partial charge in [-0.2, -0.15) is 0 Å². The molecule has 1 heterocycles. The van der Waals surface area contributed by atoms with E-state index in [4.69, 9.17) is 0 Å². The maximum atomic E-state index is 9.24. The third-order valence-electron chi connectivity index (χ3n) is 4.27. The van der Waals surface area contributed by atoms with Gasteiger partial charge in [-0.25, -0.2) is 0 Å². The molecule has 1 saturated carbocycles. The topological polar surface area (TPSA) is 32.3 Å². The van der Waals surface area contributed by atoms with E-state index in [9.17, 15) is 5.11 Å². The summed E-state index contributed by atoms with van der Waals surface area (Å²) in [5, 5.41) is 12.8. The molecular weight excluding hydrogens is 198 g/mol. The van der Waals surface area contributed by atoms with Gasteiger partial charge in [0.15, 0.2) is 0 Å². The number of fused-ring (bicyclic) bond motifs is 2. The first kappa shape index (κ1) is 10.2. The van der Waals surface area contributed by atoms with Crippen LogP contribution < -0.4 is 5.32 Å². The van der Waals surface area contributed by atoms with Gasteiger partial charge in [0.1, 0.15) is 0 Å². The highest BCUT2D eigenvalue weighted by Gasteiger charge is 2.39. The fraction of sp³-hybridized carbons (Fsp3) is 0.571. The van der Waals surface area contributed by atoms with Gasteiger partial charge in [0, 0.05) is 17.6 Å². The number of aliphatic hydroxyl groups is 1. The predicted octanol–water partition coefficient (Wildman–Crippen LogP) is 2.81. The number of anilines is 1. The minimum atomic E-state index is 0.156. The second-order valence-electron chi connectivity index (χ2n) is 5.23. The van der Waals surface area contributed by atoms with Crippen molar-refractivity contribution in [1.82, 2.24) is 0 Å². The fourth-order valence-corrected chi connectivity index (χ4v) is 3.32. The first-order valence-electron chi connectivity index (χ1n) is 6.32. The molecule has 3 rings (SSSR count). The first-order chi connectivity index (χ1) is 7.84. The third-order valence-corrected chi connectivity index (χ3v) is 4.27. The molecule has 0 aromatic heterocycles. The van der Waals surface area contributed by atoms with E-state index < -0.39 is 0 Å². The average molecular weight is 217 g/mol. The summed E-state index contributed by atoms with van der Waals surface area (Å²) in [5.74, 6) is 0. The van der Waals surface area contributed by atoms with Crippen molar-refractivity contribution < 1.29 is 5.11 Å². The number of nitrogens with one attached hydrogen (secondary N) is 1. The maximum absolute atomic E-state index is 9.24. The number of benzene rings is 1. The van der Waals surface area contributed by atoms with Crippen molar-refractivity contribution in [3.63, 3.8) is 0 Å². The summed E-state index contributed by atoms with van der Waals surface area (Å²) < 4.78 is 0. The molecule has 2 heteroatoms. The predicted molar refractivity (Wildman–Crippen MR) is 65.6 cm³/mol. The van der Waals surface area contributed by atoms with Gasteiger partial charge in [-0.1, -0.05) is 31.4 Å². The van der Waals surface area contributed by atoms with Gasteiger partial charge in [0.2, 0.25) is 0 Å².